The molecule has 0 heterocycles. The first-order chi connectivity index (χ1) is 12.6. The molecule has 0 atom stereocenters. The standard InChI is InChI=1S/C21H26N2O3/c1-3-13-22-21(25)18-10-4-5-11-19(18)23-20(24)12-7-14-26-17-9-6-8-16(2)15-17/h4-6,8-11,15H,3,7,12-14H2,1-2H3,(H,22,25)(H,23,24). The van der Waals surface area contributed by atoms with Crippen LogP contribution < -0.4 is 15.4 Å². The van der Waals surface area contributed by atoms with Gasteiger partial charge in [0.2, 0.25) is 5.91 Å². The van der Waals surface area contributed by atoms with Crippen molar-refractivity contribution in [1.82, 2.24) is 5.32 Å². The Balaban J connectivity index is 1.81. The average Bonchev–Trinajstić information content (AvgIpc) is 2.64. The summed E-state index contributed by atoms with van der Waals surface area (Å²) < 4.78 is 5.65. The summed E-state index contributed by atoms with van der Waals surface area (Å²) in [5.41, 5.74) is 2.15. The van der Waals surface area contributed by atoms with Crippen molar-refractivity contribution in [3.05, 3.63) is 59.7 Å². The van der Waals surface area contributed by atoms with E-state index in [-0.39, 0.29) is 11.8 Å². The van der Waals surface area contributed by atoms with Crippen molar-refractivity contribution in [3.8, 4) is 5.75 Å². The number of ether oxygens (including phenoxy) is 1. The van der Waals surface area contributed by atoms with Gasteiger partial charge in [0.25, 0.3) is 5.91 Å². The number of carbonyl (C=O) groups is 2. The highest BCUT2D eigenvalue weighted by Gasteiger charge is 2.12. The SMILES string of the molecule is CCCNC(=O)c1ccccc1NC(=O)CCCOc1cccc(C)c1. The van der Waals surface area contributed by atoms with Crippen LogP contribution in [-0.2, 0) is 4.79 Å². The molecule has 26 heavy (non-hydrogen) atoms. The molecule has 2 aromatic rings. The largest absolute Gasteiger partial charge is 0.494 e. The van der Waals surface area contributed by atoms with Crippen molar-refractivity contribution in [2.24, 2.45) is 0 Å². The fourth-order valence-electron chi connectivity index (χ4n) is 2.46. The number of aryl methyl sites for hydroxylation is 1. The third kappa shape index (κ3) is 6.24. The van der Waals surface area contributed by atoms with Crippen LogP contribution >= 0.6 is 0 Å². The molecule has 5 heteroatoms. The van der Waals surface area contributed by atoms with E-state index < -0.39 is 0 Å². The normalized spacial score (nSPS) is 10.2. The molecule has 0 aliphatic rings. The maximum absolute atomic E-state index is 12.2. The second-order valence-electron chi connectivity index (χ2n) is 6.12. The van der Waals surface area contributed by atoms with Gasteiger partial charge in [-0.05, 0) is 49.6 Å². The van der Waals surface area contributed by atoms with Gasteiger partial charge in [0, 0.05) is 13.0 Å². The topological polar surface area (TPSA) is 67.4 Å². The number of amides is 2. The molecule has 138 valence electrons. The average molecular weight is 354 g/mol. The van der Waals surface area contributed by atoms with Gasteiger partial charge < -0.3 is 15.4 Å². The maximum Gasteiger partial charge on any atom is 0.253 e. The smallest absolute Gasteiger partial charge is 0.253 e. The molecule has 2 amide bonds. The third-order valence-electron chi connectivity index (χ3n) is 3.79. The van der Waals surface area contributed by atoms with Crippen LogP contribution in [0.3, 0.4) is 0 Å². The lowest BCUT2D eigenvalue weighted by molar-refractivity contribution is -0.116. The van der Waals surface area contributed by atoms with E-state index in [1.54, 1.807) is 24.3 Å². The second-order valence-corrected chi connectivity index (χ2v) is 6.12. The predicted molar refractivity (Wildman–Crippen MR) is 104 cm³/mol. The van der Waals surface area contributed by atoms with Gasteiger partial charge in [0.1, 0.15) is 5.75 Å². The Morgan fingerprint density at radius 3 is 2.65 bits per heavy atom. The Hall–Kier alpha value is -2.82. The van der Waals surface area contributed by atoms with Crippen LogP contribution in [0.4, 0.5) is 5.69 Å². The Kier molecular flexibility index (Phi) is 7.68. The molecule has 0 aliphatic carbocycles. The Bertz CT molecular complexity index is 744. The maximum atomic E-state index is 12.2. The molecule has 0 fully saturated rings. The van der Waals surface area contributed by atoms with Crippen molar-refractivity contribution < 1.29 is 14.3 Å². The quantitative estimate of drug-likeness (QED) is 0.671. The van der Waals surface area contributed by atoms with Gasteiger partial charge in [-0.1, -0.05) is 31.2 Å². The number of hydrogen-bond donors (Lipinski definition) is 2. The summed E-state index contributed by atoms with van der Waals surface area (Å²) in [6, 6.07) is 14.8. The van der Waals surface area contributed by atoms with Crippen LogP contribution in [-0.4, -0.2) is 25.0 Å². The fraction of sp³-hybridized carbons (Fsp3) is 0.333. The van der Waals surface area contributed by atoms with Crippen molar-refractivity contribution in [1.29, 1.82) is 0 Å². The van der Waals surface area contributed by atoms with E-state index in [1.807, 2.05) is 38.1 Å². The predicted octanol–water partition coefficient (Wildman–Crippen LogP) is 3.93. The summed E-state index contributed by atoms with van der Waals surface area (Å²) in [7, 11) is 0. The highest BCUT2D eigenvalue weighted by atomic mass is 16.5. The first-order valence-corrected chi connectivity index (χ1v) is 8.96. The Morgan fingerprint density at radius 1 is 1.08 bits per heavy atom. The highest BCUT2D eigenvalue weighted by molar-refractivity contribution is 6.03. The first-order valence-electron chi connectivity index (χ1n) is 8.96. The Morgan fingerprint density at radius 2 is 1.88 bits per heavy atom. The minimum atomic E-state index is -0.175. The van der Waals surface area contributed by atoms with Crippen LogP contribution in [0.15, 0.2) is 48.5 Å². The molecule has 0 bridgehead atoms. The van der Waals surface area contributed by atoms with Crippen LogP contribution in [0.2, 0.25) is 0 Å². The number of anilines is 1. The summed E-state index contributed by atoms with van der Waals surface area (Å²) in [4.78, 5) is 24.3. The van der Waals surface area contributed by atoms with Crippen LogP contribution in [0.25, 0.3) is 0 Å². The third-order valence-corrected chi connectivity index (χ3v) is 3.79. The van der Waals surface area contributed by atoms with Crippen molar-refractivity contribution >= 4 is 17.5 Å². The number of benzene rings is 2. The number of carbonyl (C=O) groups excluding carboxylic acids is 2. The van der Waals surface area contributed by atoms with E-state index in [2.05, 4.69) is 10.6 Å². The molecule has 0 radical (unpaired) electrons. The molecular formula is C21H26N2O3. The number of rotatable bonds is 9. The lowest BCUT2D eigenvalue weighted by Crippen LogP contribution is -2.25. The number of para-hydroxylation sites is 1. The monoisotopic (exact) mass is 354 g/mol. The van der Waals surface area contributed by atoms with Crippen molar-refractivity contribution in [3.63, 3.8) is 0 Å². The van der Waals surface area contributed by atoms with E-state index in [1.165, 1.54) is 0 Å². The number of hydrogen-bond acceptors (Lipinski definition) is 3. The van der Waals surface area contributed by atoms with Gasteiger partial charge in [-0.15, -0.1) is 0 Å². The molecule has 2 N–H and O–H groups in total. The van der Waals surface area contributed by atoms with Gasteiger partial charge in [-0.3, -0.25) is 9.59 Å². The summed E-state index contributed by atoms with van der Waals surface area (Å²) in [5.74, 6) is 0.502. The van der Waals surface area contributed by atoms with Gasteiger partial charge >= 0.3 is 0 Å². The summed E-state index contributed by atoms with van der Waals surface area (Å²) in [6.45, 7) is 5.08. The minimum Gasteiger partial charge on any atom is -0.494 e. The van der Waals surface area contributed by atoms with E-state index in [9.17, 15) is 9.59 Å². The molecule has 0 unspecified atom stereocenters. The molecule has 2 rings (SSSR count). The van der Waals surface area contributed by atoms with Gasteiger partial charge in [0.15, 0.2) is 0 Å². The zero-order valence-electron chi connectivity index (χ0n) is 15.4. The zero-order chi connectivity index (χ0) is 18.8. The van der Waals surface area contributed by atoms with Gasteiger partial charge in [0.05, 0.1) is 17.9 Å². The van der Waals surface area contributed by atoms with Gasteiger partial charge in [-0.2, -0.15) is 0 Å². The van der Waals surface area contributed by atoms with Crippen molar-refractivity contribution in [2.45, 2.75) is 33.1 Å². The summed E-state index contributed by atoms with van der Waals surface area (Å²) >= 11 is 0. The molecule has 0 aliphatic heterocycles. The Labute approximate surface area is 154 Å². The minimum absolute atomic E-state index is 0.131. The van der Waals surface area contributed by atoms with E-state index in [0.717, 1.165) is 17.7 Å². The fourth-order valence-corrected chi connectivity index (χ4v) is 2.46. The molecule has 0 spiro atoms. The molecule has 5 nitrogen and oxygen atoms in total. The lowest BCUT2D eigenvalue weighted by Gasteiger charge is -2.11. The van der Waals surface area contributed by atoms with E-state index in [0.29, 0.717) is 37.2 Å². The molecule has 0 saturated carbocycles. The van der Waals surface area contributed by atoms with Crippen LogP contribution in [0.1, 0.15) is 42.1 Å². The zero-order valence-corrected chi connectivity index (χ0v) is 15.4. The second kappa shape index (κ2) is 10.2. The first kappa shape index (κ1) is 19.5. The van der Waals surface area contributed by atoms with E-state index >= 15 is 0 Å². The lowest BCUT2D eigenvalue weighted by atomic mass is 10.1. The molecular weight excluding hydrogens is 328 g/mol. The van der Waals surface area contributed by atoms with Crippen LogP contribution in [0.5, 0.6) is 5.75 Å². The molecule has 0 aromatic heterocycles. The molecule has 2 aromatic carbocycles. The summed E-state index contributed by atoms with van der Waals surface area (Å²) in [6.07, 6.45) is 1.79. The number of nitrogens with one attached hydrogen (secondary N) is 2. The highest BCUT2D eigenvalue weighted by Crippen LogP contribution is 2.16. The van der Waals surface area contributed by atoms with Crippen LogP contribution in [0, 0.1) is 6.92 Å². The van der Waals surface area contributed by atoms with Crippen molar-refractivity contribution in [2.75, 3.05) is 18.5 Å². The van der Waals surface area contributed by atoms with Gasteiger partial charge in [-0.25, -0.2) is 0 Å². The summed E-state index contributed by atoms with van der Waals surface area (Å²) in [5, 5.41) is 5.65. The van der Waals surface area contributed by atoms with E-state index in [4.69, 9.17) is 4.74 Å². The molecule has 0 saturated heterocycles.